The van der Waals surface area contributed by atoms with Crippen molar-refractivity contribution in [1.82, 2.24) is 4.98 Å². The summed E-state index contributed by atoms with van der Waals surface area (Å²) in [7, 11) is 0. The first-order chi connectivity index (χ1) is 15.5. The lowest BCUT2D eigenvalue weighted by atomic mass is 9.92. The molecule has 0 fully saturated rings. The van der Waals surface area contributed by atoms with Gasteiger partial charge in [0.05, 0.1) is 22.5 Å². The third kappa shape index (κ3) is 3.39. The Morgan fingerprint density at radius 1 is 1.06 bits per heavy atom. The highest BCUT2D eigenvalue weighted by Crippen LogP contribution is 2.36. The molecule has 1 aliphatic rings. The van der Waals surface area contributed by atoms with E-state index >= 15 is 0 Å². The van der Waals surface area contributed by atoms with Crippen molar-refractivity contribution in [1.29, 1.82) is 0 Å². The molecule has 0 N–H and O–H groups in total. The summed E-state index contributed by atoms with van der Waals surface area (Å²) in [5.41, 5.74) is 6.24. The van der Waals surface area contributed by atoms with E-state index in [2.05, 4.69) is 0 Å². The number of hydrogen-bond donors (Lipinski definition) is 0. The van der Waals surface area contributed by atoms with Crippen LogP contribution in [0, 0.1) is 17.0 Å². The number of fused-ring (bicyclic) bond motifs is 2. The van der Waals surface area contributed by atoms with E-state index in [4.69, 9.17) is 4.98 Å². The van der Waals surface area contributed by atoms with Crippen LogP contribution in [0.15, 0.2) is 72.8 Å². The van der Waals surface area contributed by atoms with Crippen LogP contribution in [0.5, 0.6) is 0 Å². The molecule has 3 aromatic carbocycles. The minimum absolute atomic E-state index is 0.00280. The molecule has 0 spiro atoms. The molecule has 6 nitrogen and oxygen atoms in total. The van der Waals surface area contributed by atoms with Gasteiger partial charge in [0, 0.05) is 29.8 Å². The number of aryl methyl sites for hydroxylation is 1. The molecule has 4 aromatic rings. The largest absolute Gasteiger partial charge is 0.311 e. The Labute approximate surface area is 185 Å². The lowest BCUT2D eigenvalue weighted by Gasteiger charge is -2.20. The topological polar surface area (TPSA) is 76.3 Å². The minimum atomic E-state index is -0.424. The Kier molecular flexibility index (Phi) is 4.90. The van der Waals surface area contributed by atoms with Crippen molar-refractivity contribution in [3.8, 4) is 11.1 Å². The molecular weight excluding hydrogens is 402 g/mol. The van der Waals surface area contributed by atoms with Crippen LogP contribution in [0.25, 0.3) is 22.0 Å². The molecule has 6 heteroatoms. The van der Waals surface area contributed by atoms with Crippen LogP contribution in [-0.2, 0) is 17.6 Å². The maximum absolute atomic E-state index is 13.5. The molecule has 2 heterocycles. The van der Waals surface area contributed by atoms with Gasteiger partial charge in [0.2, 0.25) is 5.91 Å². The number of nitro groups is 1. The molecule has 0 aliphatic carbocycles. The summed E-state index contributed by atoms with van der Waals surface area (Å²) in [6.45, 7) is 2.46. The molecule has 0 bridgehead atoms. The molecule has 1 aliphatic heterocycles. The number of rotatable bonds is 4. The lowest BCUT2D eigenvalue weighted by molar-refractivity contribution is -0.384. The van der Waals surface area contributed by atoms with Crippen LogP contribution >= 0.6 is 0 Å². The molecule has 158 valence electrons. The number of nitrogens with zero attached hydrogens (tertiary/aromatic N) is 3. The molecule has 0 saturated carbocycles. The van der Waals surface area contributed by atoms with Crippen LogP contribution in [0.1, 0.15) is 16.8 Å². The number of aromatic nitrogens is 1. The Morgan fingerprint density at radius 2 is 1.81 bits per heavy atom. The summed E-state index contributed by atoms with van der Waals surface area (Å²) in [5.74, 6) is -0.0818. The van der Waals surface area contributed by atoms with E-state index < -0.39 is 4.92 Å². The Hall–Kier alpha value is -4.06. The molecule has 1 amide bonds. The summed E-state index contributed by atoms with van der Waals surface area (Å²) < 4.78 is 0. The fraction of sp³-hybridized carbons (Fsp3) is 0.154. The number of amides is 1. The SMILES string of the molecule is Cc1nc2ccccc2c(-c2ccccc2)c1CC(=O)N1CCc2ccc([N+](=O)[O-])cc21. The maximum atomic E-state index is 13.5. The van der Waals surface area contributed by atoms with Crippen molar-refractivity contribution in [3.63, 3.8) is 0 Å². The molecule has 1 aromatic heterocycles. The van der Waals surface area contributed by atoms with Crippen molar-refractivity contribution in [2.45, 2.75) is 19.8 Å². The van der Waals surface area contributed by atoms with Gasteiger partial charge in [-0.25, -0.2) is 0 Å². The summed E-state index contributed by atoms with van der Waals surface area (Å²) in [5, 5.41) is 12.2. The number of benzene rings is 3. The second-order valence-corrected chi connectivity index (χ2v) is 7.98. The third-order valence-corrected chi connectivity index (χ3v) is 6.07. The normalized spacial score (nSPS) is 12.7. The van der Waals surface area contributed by atoms with E-state index in [9.17, 15) is 14.9 Å². The van der Waals surface area contributed by atoms with Gasteiger partial charge in [0.15, 0.2) is 0 Å². The minimum Gasteiger partial charge on any atom is -0.311 e. The fourth-order valence-corrected chi connectivity index (χ4v) is 4.51. The van der Waals surface area contributed by atoms with Gasteiger partial charge >= 0.3 is 0 Å². The number of nitro benzene ring substituents is 1. The van der Waals surface area contributed by atoms with Crippen molar-refractivity contribution in [3.05, 3.63) is 99.7 Å². The molecule has 5 rings (SSSR count). The van der Waals surface area contributed by atoms with Crippen LogP contribution in [0.4, 0.5) is 11.4 Å². The first kappa shape index (κ1) is 19.9. The number of para-hydroxylation sites is 1. The third-order valence-electron chi connectivity index (χ3n) is 6.07. The zero-order valence-electron chi connectivity index (χ0n) is 17.6. The second-order valence-electron chi connectivity index (χ2n) is 7.98. The summed E-state index contributed by atoms with van der Waals surface area (Å²) in [6.07, 6.45) is 0.871. The molecular formula is C26H21N3O3. The summed E-state index contributed by atoms with van der Waals surface area (Å²) >= 11 is 0. The van der Waals surface area contributed by atoms with Gasteiger partial charge in [-0.05, 0) is 41.7 Å². The number of non-ortho nitro benzene ring substituents is 1. The monoisotopic (exact) mass is 423 g/mol. The Balaban J connectivity index is 1.59. The van der Waals surface area contributed by atoms with E-state index in [1.807, 2.05) is 61.5 Å². The predicted octanol–water partition coefficient (Wildman–Crippen LogP) is 5.25. The fourth-order valence-electron chi connectivity index (χ4n) is 4.51. The molecule has 0 saturated heterocycles. The Morgan fingerprint density at radius 3 is 2.59 bits per heavy atom. The smallest absolute Gasteiger partial charge is 0.271 e. The lowest BCUT2D eigenvalue weighted by Crippen LogP contribution is -2.30. The van der Waals surface area contributed by atoms with Gasteiger partial charge in [0.1, 0.15) is 0 Å². The van der Waals surface area contributed by atoms with Crippen molar-refractivity contribution >= 4 is 28.2 Å². The molecule has 0 unspecified atom stereocenters. The highest BCUT2D eigenvalue weighted by atomic mass is 16.6. The van der Waals surface area contributed by atoms with Crippen molar-refractivity contribution in [2.75, 3.05) is 11.4 Å². The zero-order valence-corrected chi connectivity index (χ0v) is 17.6. The number of pyridine rings is 1. The van der Waals surface area contributed by atoms with Gasteiger partial charge in [0.25, 0.3) is 5.69 Å². The van der Waals surface area contributed by atoms with Crippen LogP contribution < -0.4 is 4.90 Å². The predicted molar refractivity (Wildman–Crippen MR) is 125 cm³/mol. The number of hydrogen-bond acceptors (Lipinski definition) is 4. The summed E-state index contributed by atoms with van der Waals surface area (Å²) in [4.78, 5) is 30.7. The first-order valence-electron chi connectivity index (χ1n) is 10.5. The summed E-state index contributed by atoms with van der Waals surface area (Å²) in [6, 6.07) is 22.7. The zero-order chi connectivity index (χ0) is 22.2. The second kappa shape index (κ2) is 7.89. The van der Waals surface area contributed by atoms with E-state index in [0.717, 1.165) is 38.9 Å². The number of carbonyl (C=O) groups excluding carboxylic acids is 1. The number of anilines is 1. The van der Waals surface area contributed by atoms with E-state index in [1.165, 1.54) is 12.1 Å². The quantitative estimate of drug-likeness (QED) is 0.332. The van der Waals surface area contributed by atoms with Crippen molar-refractivity contribution in [2.24, 2.45) is 0 Å². The average molecular weight is 423 g/mol. The number of carbonyl (C=O) groups is 1. The van der Waals surface area contributed by atoms with Gasteiger partial charge in [-0.3, -0.25) is 19.9 Å². The maximum Gasteiger partial charge on any atom is 0.271 e. The van der Waals surface area contributed by atoms with E-state index in [0.29, 0.717) is 18.7 Å². The highest BCUT2D eigenvalue weighted by molar-refractivity contribution is 6.02. The van der Waals surface area contributed by atoms with Crippen molar-refractivity contribution < 1.29 is 9.72 Å². The molecule has 32 heavy (non-hydrogen) atoms. The van der Waals surface area contributed by atoms with Gasteiger partial charge in [-0.15, -0.1) is 0 Å². The van der Waals surface area contributed by atoms with Crippen LogP contribution in [-0.4, -0.2) is 22.4 Å². The average Bonchev–Trinajstić information content (AvgIpc) is 3.23. The van der Waals surface area contributed by atoms with Gasteiger partial charge in [-0.2, -0.15) is 0 Å². The van der Waals surface area contributed by atoms with Crippen LogP contribution in [0.3, 0.4) is 0 Å². The highest BCUT2D eigenvalue weighted by Gasteiger charge is 2.28. The van der Waals surface area contributed by atoms with Gasteiger partial charge in [-0.1, -0.05) is 54.6 Å². The first-order valence-corrected chi connectivity index (χ1v) is 10.5. The standard InChI is InChI=1S/C26H21N3O3/c1-17-22(16-25(30)28-14-13-18-11-12-20(29(31)32)15-24(18)28)26(19-7-3-2-4-8-19)21-9-5-6-10-23(21)27-17/h2-12,15H,13-14,16H2,1H3. The van der Waals surface area contributed by atoms with Gasteiger partial charge < -0.3 is 4.90 Å². The van der Waals surface area contributed by atoms with E-state index in [-0.39, 0.29) is 18.0 Å². The van der Waals surface area contributed by atoms with E-state index in [1.54, 1.807) is 11.0 Å². The molecule has 0 atom stereocenters. The molecule has 0 radical (unpaired) electrons. The Bertz CT molecular complexity index is 1370. The van der Waals surface area contributed by atoms with Crippen LogP contribution in [0.2, 0.25) is 0 Å².